The zero-order valence-electron chi connectivity index (χ0n) is 10.2. The van der Waals surface area contributed by atoms with Crippen molar-refractivity contribution in [1.82, 2.24) is 9.97 Å². The number of hydrogen-bond donors (Lipinski definition) is 2. The summed E-state index contributed by atoms with van der Waals surface area (Å²) in [7, 11) is 0. The summed E-state index contributed by atoms with van der Waals surface area (Å²) < 4.78 is 5.49. The molecule has 0 fully saturated rings. The third kappa shape index (κ3) is 1.97. The number of hydrogen-bond acceptors (Lipinski definition) is 4. The molecule has 0 bridgehead atoms. The van der Waals surface area contributed by atoms with E-state index in [9.17, 15) is 9.59 Å². The summed E-state index contributed by atoms with van der Waals surface area (Å²) in [5.74, 6) is 0.105. The van der Waals surface area contributed by atoms with E-state index in [1.54, 1.807) is 18.5 Å². The van der Waals surface area contributed by atoms with Crippen LogP contribution in [-0.2, 0) is 11.4 Å². The van der Waals surface area contributed by atoms with Gasteiger partial charge in [-0.2, -0.15) is 0 Å². The lowest BCUT2D eigenvalue weighted by atomic mass is 10.0. The number of fused-ring (bicyclic) bond motifs is 3. The van der Waals surface area contributed by atoms with Crippen molar-refractivity contribution in [2.24, 2.45) is 0 Å². The number of carbonyl (C=O) groups excluding carboxylic acids is 1. The number of aromatic nitrogens is 2. The maximum atomic E-state index is 11.8. The molecule has 3 heterocycles. The van der Waals surface area contributed by atoms with E-state index in [0.29, 0.717) is 12.5 Å². The Labute approximate surface area is 108 Å². The Morgan fingerprint density at radius 2 is 2.32 bits per heavy atom. The molecule has 1 aliphatic heterocycles. The molecule has 2 N–H and O–H groups in total. The SMILES string of the molecule is CC(=O)Nc1cc2c([nH]c1=O)OCc1ccncc1-2. The van der Waals surface area contributed by atoms with Crippen molar-refractivity contribution in [2.45, 2.75) is 13.5 Å². The van der Waals surface area contributed by atoms with Crippen molar-refractivity contribution in [1.29, 1.82) is 0 Å². The van der Waals surface area contributed by atoms with Crippen LogP contribution >= 0.6 is 0 Å². The summed E-state index contributed by atoms with van der Waals surface area (Å²) in [5.41, 5.74) is 2.42. The average molecular weight is 257 g/mol. The maximum Gasteiger partial charge on any atom is 0.274 e. The number of aromatic amines is 1. The van der Waals surface area contributed by atoms with E-state index in [-0.39, 0.29) is 17.2 Å². The van der Waals surface area contributed by atoms with Gasteiger partial charge in [0.15, 0.2) is 0 Å². The van der Waals surface area contributed by atoms with Gasteiger partial charge >= 0.3 is 0 Å². The molecule has 0 saturated carbocycles. The quantitative estimate of drug-likeness (QED) is 0.806. The van der Waals surface area contributed by atoms with Crippen LogP contribution in [0.2, 0.25) is 0 Å². The first-order valence-electron chi connectivity index (χ1n) is 5.76. The summed E-state index contributed by atoms with van der Waals surface area (Å²) >= 11 is 0. The molecule has 2 aromatic heterocycles. The molecular formula is C13H11N3O3. The largest absolute Gasteiger partial charge is 0.474 e. The lowest BCUT2D eigenvalue weighted by Crippen LogP contribution is -2.20. The van der Waals surface area contributed by atoms with Crippen LogP contribution in [0.4, 0.5) is 5.69 Å². The summed E-state index contributed by atoms with van der Waals surface area (Å²) in [6.45, 7) is 1.74. The van der Waals surface area contributed by atoms with Crippen LogP contribution in [0.1, 0.15) is 12.5 Å². The number of anilines is 1. The summed E-state index contributed by atoms with van der Waals surface area (Å²) in [5, 5.41) is 2.50. The Morgan fingerprint density at radius 1 is 1.47 bits per heavy atom. The second-order valence-corrected chi connectivity index (χ2v) is 4.26. The molecule has 1 aliphatic rings. The number of nitrogens with zero attached hydrogens (tertiary/aromatic N) is 1. The van der Waals surface area contributed by atoms with Gasteiger partial charge in [0.2, 0.25) is 11.8 Å². The van der Waals surface area contributed by atoms with Gasteiger partial charge in [0, 0.05) is 36.0 Å². The summed E-state index contributed by atoms with van der Waals surface area (Å²) in [6, 6.07) is 3.47. The molecule has 0 atom stereocenters. The molecule has 19 heavy (non-hydrogen) atoms. The second-order valence-electron chi connectivity index (χ2n) is 4.26. The molecule has 1 amide bonds. The lowest BCUT2D eigenvalue weighted by molar-refractivity contribution is -0.114. The topological polar surface area (TPSA) is 84.1 Å². The van der Waals surface area contributed by atoms with E-state index in [4.69, 9.17) is 4.74 Å². The van der Waals surface area contributed by atoms with Gasteiger partial charge in [-0.25, -0.2) is 0 Å². The van der Waals surface area contributed by atoms with Crippen molar-refractivity contribution in [3.8, 4) is 17.0 Å². The minimum atomic E-state index is -0.388. The van der Waals surface area contributed by atoms with E-state index in [1.807, 2.05) is 6.07 Å². The van der Waals surface area contributed by atoms with E-state index in [1.165, 1.54) is 6.92 Å². The molecule has 0 aliphatic carbocycles. The molecule has 0 aromatic carbocycles. The molecule has 6 heteroatoms. The summed E-state index contributed by atoms with van der Waals surface area (Å²) in [6.07, 6.45) is 3.40. The van der Waals surface area contributed by atoms with Crippen LogP contribution in [0.25, 0.3) is 11.1 Å². The number of carbonyl (C=O) groups is 1. The molecular weight excluding hydrogens is 246 g/mol. The molecule has 0 unspecified atom stereocenters. The van der Waals surface area contributed by atoms with Crippen LogP contribution < -0.4 is 15.6 Å². The zero-order chi connectivity index (χ0) is 13.4. The van der Waals surface area contributed by atoms with E-state index in [2.05, 4.69) is 15.3 Å². The minimum Gasteiger partial charge on any atom is -0.474 e. The number of nitrogens with one attached hydrogen (secondary N) is 2. The molecule has 0 spiro atoms. The summed E-state index contributed by atoms with van der Waals surface area (Å²) in [4.78, 5) is 29.5. The lowest BCUT2D eigenvalue weighted by Gasteiger charge is -2.20. The Bertz CT molecular complexity index is 721. The molecule has 0 radical (unpaired) electrons. The Kier molecular flexibility index (Phi) is 2.56. The number of rotatable bonds is 1. The van der Waals surface area contributed by atoms with Crippen molar-refractivity contribution in [3.05, 3.63) is 40.4 Å². The van der Waals surface area contributed by atoms with Gasteiger partial charge in [-0.05, 0) is 12.1 Å². The highest BCUT2D eigenvalue weighted by Crippen LogP contribution is 2.35. The van der Waals surface area contributed by atoms with Crippen molar-refractivity contribution < 1.29 is 9.53 Å². The first-order valence-corrected chi connectivity index (χ1v) is 5.76. The number of pyridine rings is 2. The fourth-order valence-electron chi connectivity index (χ4n) is 2.05. The zero-order valence-corrected chi connectivity index (χ0v) is 10.2. The van der Waals surface area contributed by atoms with E-state index >= 15 is 0 Å². The first kappa shape index (κ1) is 11.5. The van der Waals surface area contributed by atoms with Crippen molar-refractivity contribution in [3.63, 3.8) is 0 Å². The molecule has 2 aromatic rings. The van der Waals surface area contributed by atoms with E-state index < -0.39 is 0 Å². The van der Waals surface area contributed by atoms with Crippen LogP contribution in [0, 0.1) is 0 Å². The minimum absolute atomic E-state index is 0.201. The van der Waals surface area contributed by atoms with Gasteiger partial charge in [-0.15, -0.1) is 0 Å². The molecule has 3 rings (SSSR count). The van der Waals surface area contributed by atoms with Crippen molar-refractivity contribution in [2.75, 3.05) is 5.32 Å². The standard InChI is InChI=1S/C13H11N3O3/c1-7(17)15-11-4-9-10-5-14-3-2-8(10)6-19-13(9)16-12(11)18/h2-5H,6H2,1H3,(H,15,17)(H,16,18). The third-order valence-corrected chi connectivity index (χ3v) is 2.89. The predicted molar refractivity (Wildman–Crippen MR) is 68.9 cm³/mol. The van der Waals surface area contributed by atoms with Gasteiger partial charge in [0.25, 0.3) is 5.56 Å². The Morgan fingerprint density at radius 3 is 3.11 bits per heavy atom. The van der Waals surface area contributed by atoms with E-state index in [0.717, 1.165) is 16.7 Å². The maximum absolute atomic E-state index is 11.8. The molecule has 0 saturated heterocycles. The highest BCUT2D eigenvalue weighted by atomic mass is 16.5. The average Bonchev–Trinajstić information content (AvgIpc) is 2.39. The number of amides is 1. The monoisotopic (exact) mass is 257 g/mol. The van der Waals surface area contributed by atoms with Crippen molar-refractivity contribution >= 4 is 11.6 Å². The van der Waals surface area contributed by atoms with Crippen LogP contribution in [-0.4, -0.2) is 15.9 Å². The Hall–Kier alpha value is -2.63. The fourth-order valence-corrected chi connectivity index (χ4v) is 2.05. The van der Waals surface area contributed by atoms with Crippen LogP contribution in [0.3, 0.4) is 0 Å². The number of H-pyrrole nitrogens is 1. The highest BCUT2D eigenvalue weighted by molar-refractivity contribution is 5.89. The first-order chi connectivity index (χ1) is 9.15. The van der Waals surface area contributed by atoms with Gasteiger partial charge in [0.1, 0.15) is 12.3 Å². The predicted octanol–water partition coefficient (Wildman–Crippen LogP) is 1.29. The number of ether oxygens (including phenoxy) is 1. The second kappa shape index (κ2) is 4.24. The van der Waals surface area contributed by atoms with Gasteiger partial charge < -0.3 is 10.1 Å². The van der Waals surface area contributed by atoms with Gasteiger partial charge in [-0.3, -0.25) is 19.6 Å². The fraction of sp³-hybridized carbons (Fsp3) is 0.154. The Balaban J connectivity index is 2.18. The highest BCUT2D eigenvalue weighted by Gasteiger charge is 2.20. The normalized spacial score (nSPS) is 12.1. The van der Waals surface area contributed by atoms with Gasteiger partial charge in [-0.1, -0.05) is 0 Å². The smallest absolute Gasteiger partial charge is 0.274 e. The molecule has 6 nitrogen and oxygen atoms in total. The van der Waals surface area contributed by atoms with Crippen LogP contribution in [0.15, 0.2) is 29.3 Å². The molecule has 96 valence electrons. The van der Waals surface area contributed by atoms with Crippen LogP contribution in [0.5, 0.6) is 5.88 Å². The van der Waals surface area contributed by atoms with Gasteiger partial charge in [0.05, 0.1) is 0 Å². The third-order valence-electron chi connectivity index (χ3n) is 2.89.